The van der Waals surface area contributed by atoms with Crippen LogP contribution < -0.4 is 5.32 Å². The molecule has 0 aromatic carbocycles. The molecule has 1 aromatic rings. The number of aliphatic hydroxyl groups is 1. The summed E-state index contributed by atoms with van der Waals surface area (Å²) in [6.45, 7) is 3.97. The van der Waals surface area contributed by atoms with Gasteiger partial charge in [-0.2, -0.15) is 5.10 Å². The van der Waals surface area contributed by atoms with Crippen LogP contribution in [0.2, 0.25) is 0 Å². The van der Waals surface area contributed by atoms with Crippen molar-refractivity contribution < 1.29 is 5.11 Å². The second kappa shape index (κ2) is 6.14. The predicted octanol–water partition coefficient (Wildman–Crippen LogP) is -0.135. The molecule has 0 aliphatic rings. The van der Waals surface area contributed by atoms with Crippen LogP contribution in [-0.2, 0) is 13.5 Å². The molecule has 0 spiro atoms. The van der Waals surface area contributed by atoms with E-state index in [2.05, 4.69) is 10.4 Å². The van der Waals surface area contributed by atoms with E-state index in [0.29, 0.717) is 13.1 Å². The summed E-state index contributed by atoms with van der Waals surface area (Å²) in [6, 6.07) is 0. The number of nitrogens with one attached hydrogen (secondary N) is 1. The van der Waals surface area contributed by atoms with E-state index in [1.165, 1.54) is 5.56 Å². The van der Waals surface area contributed by atoms with Crippen LogP contribution in [0.1, 0.15) is 12.5 Å². The standard InChI is InChI=1S/C12H24N4O/c1-12(17,10-15(2)3)9-13-6-5-11-7-14-16(4)8-11/h7-8,13,17H,5-6,9-10H2,1-4H3. The molecule has 98 valence electrons. The van der Waals surface area contributed by atoms with E-state index in [-0.39, 0.29) is 0 Å². The van der Waals surface area contributed by atoms with E-state index in [1.54, 1.807) is 4.68 Å². The van der Waals surface area contributed by atoms with Crippen LogP contribution in [0.25, 0.3) is 0 Å². The predicted molar refractivity (Wildman–Crippen MR) is 69.0 cm³/mol. The minimum absolute atomic E-state index is 0.603. The number of likely N-dealkylation sites (N-methyl/N-ethyl adjacent to an activating group) is 1. The summed E-state index contributed by atoms with van der Waals surface area (Å²) >= 11 is 0. The van der Waals surface area contributed by atoms with Crippen LogP contribution >= 0.6 is 0 Å². The van der Waals surface area contributed by atoms with Crippen molar-refractivity contribution in [2.24, 2.45) is 7.05 Å². The molecule has 2 N–H and O–H groups in total. The normalized spacial score (nSPS) is 15.2. The third kappa shape index (κ3) is 5.81. The zero-order valence-electron chi connectivity index (χ0n) is 11.3. The van der Waals surface area contributed by atoms with Gasteiger partial charge in [0.2, 0.25) is 0 Å². The lowest BCUT2D eigenvalue weighted by Crippen LogP contribution is -2.45. The van der Waals surface area contributed by atoms with Crippen molar-refractivity contribution in [2.45, 2.75) is 18.9 Å². The van der Waals surface area contributed by atoms with Gasteiger partial charge in [-0.3, -0.25) is 4.68 Å². The van der Waals surface area contributed by atoms with Crippen molar-refractivity contribution in [1.82, 2.24) is 20.0 Å². The van der Waals surface area contributed by atoms with Crippen molar-refractivity contribution in [3.8, 4) is 0 Å². The summed E-state index contributed by atoms with van der Waals surface area (Å²) in [5.74, 6) is 0. The molecular formula is C12H24N4O. The fourth-order valence-electron chi connectivity index (χ4n) is 1.93. The Morgan fingerprint density at radius 2 is 2.24 bits per heavy atom. The number of aryl methyl sites for hydroxylation is 1. The molecule has 1 rings (SSSR count). The van der Waals surface area contributed by atoms with Gasteiger partial charge >= 0.3 is 0 Å². The Kier molecular flexibility index (Phi) is 5.11. The Morgan fingerprint density at radius 1 is 1.53 bits per heavy atom. The van der Waals surface area contributed by atoms with E-state index in [9.17, 15) is 5.11 Å². The molecule has 0 fully saturated rings. The highest BCUT2D eigenvalue weighted by Gasteiger charge is 2.20. The molecule has 0 radical (unpaired) electrons. The summed E-state index contributed by atoms with van der Waals surface area (Å²) in [7, 11) is 5.84. The third-order valence-electron chi connectivity index (χ3n) is 2.51. The molecule has 0 aliphatic heterocycles. The van der Waals surface area contributed by atoms with Gasteiger partial charge in [-0.1, -0.05) is 0 Å². The molecule has 0 amide bonds. The fourth-order valence-corrected chi connectivity index (χ4v) is 1.93. The number of nitrogens with zero attached hydrogens (tertiary/aromatic N) is 3. The van der Waals surface area contributed by atoms with Crippen molar-refractivity contribution >= 4 is 0 Å². The van der Waals surface area contributed by atoms with E-state index in [4.69, 9.17) is 0 Å². The van der Waals surface area contributed by atoms with Gasteiger partial charge in [-0.25, -0.2) is 0 Å². The Hall–Kier alpha value is -0.910. The highest BCUT2D eigenvalue weighted by atomic mass is 16.3. The average molecular weight is 240 g/mol. The van der Waals surface area contributed by atoms with Crippen LogP contribution in [0.4, 0.5) is 0 Å². The minimum Gasteiger partial charge on any atom is -0.388 e. The maximum Gasteiger partial charge on any atom is 0.0869 e. The molecule has 1 heterocycles. The topological polar surface area (TPSA) is 53.3 Å². The molecule has 0 aliphatic carbocycles. The van der Waals surface area contributed by atoms with E-state index < -0.39 is 5.60 Å². The molecule has 0 bridgehead atoms. The first-order valence-electron chi connectivity index (χ1n) is 5.94. The molecule has 1 unspecified atom stereocenters. The monoisotopic (exact) mass is 240 g/mol. The Labute approximate surface area is 103 Å². The number of hydrogen-bond acceptors (Lipinski definition) is 4. The maximum absolute atomic E-state index is 10.1. The smallest absolute Gasteiger partial charge is 0.0869 e. The van der Waals surface area contributed by atoms with Gasteiger partial charge in [-0.05, 0) is 39.5 Å². The van der Waals surface area contributed by atoms with Gasteiger partial charge in [0.15, 0.2) is 0 Å². The van der Waals surface area contributed by atoms with Crippen molar-refractivity contribution in [3.05, 3.63) is 18.0 Å². The summed E-state index contributed by atoms with van der Waals surface area (Å²) < 4.78 is 1.80. The maximum atomic E-state index is 10.1. The van der Waals surface area contributed by atoms with E-state index in [1.807, 2.05) is 45.4 Å². The van der Waals surface area contributed by atoms with Gasteiger partial charge < -0.3 is 15.3 Å². The molecule has 1 aromatic heterocycles. The molecule has 17 heavy (non-hydrogen) atoms. The zero-order chi connectivity index (χ0) is 12.9. The second-order valence-electron chi connectivity index (χ2n) is 5.18. The van der Waals surface area contributed by atoms with E-state index in [0.717, 1.165) is 13.0 Å². The lowest BCUT2D eigenvalue weighted by Gasteiger charge is -2.27. The summed E-state index contributed by atoms with van der Waals surface area (Å²) in [5, 5.41) is 17.5. The number of hydrogen-bond donors (Lipinski definition) is 2. The molecular weight excluding hydrogens is 216 g/mol. The Morgan fingerprint density at radius 3 is 2.76 bits per heavy atom. The van der Waals surface area contributed by atoms with Gasteiger partial charge in [0.05, 0.1) is 11.8 Å². The quantitative estimate of drug-likeness (QED) is 0.652. The van der Waals surface area contributed by atoms with E-state index >= 15 is 0 Å². The second-order valence-corrected chi connectivity index (χ2v) is 5.18. The summed E-state index contributed by atoms with van der Waals surface area (Å²) in [4.78, 5) is 1.99. The van der Waals surface area contributed by atoms with Crippen LogP contribution in [0.5, 0.6) is 0 Å². The molecule has 5 heteroatoms. The van der Waals surface area contributed by atoms with Gasteiger partial charge in [0.25, 0.3) is 0 Å². The first-order valence-corrected chi connectivity index (χ1v) is 5.94. The molecule has 1 atom stereocenters. The Bertz CT molecular complexity index is 333. The van der Waals surface area contributed by atoms with Gasteiger partial charge in [0, 0.05) is 26.3 Å². The highest BCUT2D eigenvalue weighted by Crippen LogP contribution is 2.02. The number of rotatable bonds is 7. The SMILES string of the molecule is CN(C)CC(C)(O)CNCCc1cnn(C)c1. The number of aromatic nitrogens is 2. The van der Waals surface area contributed by atoms with Gasteiger partial charge in [0.1, 0.15) is 0 Å². The molecule has 5 nitrogen and oxygen atoms in total. The van der Waals surface area contributed by atoms with Crippen molar-refractivity contribution in [1.29, 1.82) is 0 Å². The molecule has 0 saturated heterocycles. The minimum atomic E-state index is -0.682. The highest BCUT2D eigenvalue weighted by molar-refractivity contribution is 5.03. The summed E-state index contributed by atoms with van der Waals surface area (Å²) in [5.41, 5.74) is 0.533. The largest absolute Gasteiger partial charge is 0.388 e. The van der Waals surface area contributed by atoms with Crippen LogP contribution in [-0.4, -0.2) is 59.1 Å². The van der Waals surface area contributed by atoms with Crippen molar-refractivity contribution in [3.63, 3.8) is 0 Å². The van der Waals surface area contributed by atoms with Crippen LogP contribution in [0, 0.1) is 0 Å². The fraction of sp³-hybridized carbons (Fsp3) is 0.750. The molecule has 0 saturated carbocycles. The average Bonchev–Trinajstić information content (AvgIpc) is 2.57. The first kappa shape index (κ1) is 14.2. The van der Waals surface area contributed by atoms with Crippen molar-refractivity contribution in [2.75, 3.05) is 33.7 Å². The first-order chi connectivity index (χ1) is 7.89. The Balaban J connectivity index is 2.19. The summed E-state index contributed by atoms with van der Waals surface area (Å²) in [6.07, 6.45) is 4.82. The van der Waals surface area contributed by atoms with Gasteiger partial charge in [-0.15, -0.1) is 0 Å². The third-order valence-corrected chi connectivity index (χ3v) is 2.51. The lowest BCUT2D eigenvalue weighted by molar-refractivity contribution is 0.0341. The lowest BCUT2D eigenvalue weighted by atomic mass is 10.1. The van der Waals surface area contributed by atoms with Crippen LogP contribution in [0.3, 0.4) is 0 Å². The zero-order valence-corrected chi connectivity index (χ0v) is 11.3. The van der Waals surface area contributed by atoms with Crippen LogP contribution in [0.15, 0.2) is 12.4 Å².